The molecule has 37 heavy (non-hydrogen) atoms. The van der Waals surface area contributed by atoms with Crippen LogP contribution in [-0.2, 0) is 6.61 Å². The Hall–Kier alpha value is -2.56. The fraction of sp³-hybridized carbons (Fsp3) is 0.346. The van der Waals surface area contributed by atoms with Crippen LogP contribution in [0.5, 0.6) is 0 Å². The lowest BCUT2D eigenvalue weighted by Gasteiger charge is -2.38. The number of fused-ring (bicyclic) bond motifs is 1. The molecule has 0 radical (unpaired) electrons. The van der Waals surface area contributed by atoms with Crippen molar-refractivity contribution in [3.63, 3.8) is 0 Å². The predicted octanol–water partition coefficient (Wildman–Crippen LogP) is 5.26. The van der Waals surface area contributed by atoms with E-state index in [0.29, 0.717) is 44.2 Å². The maximum Gasteiger partial charge on any atom is 0.263 e. The molecule has 3 heterocycles. The highest BCUT2D eigenvalue weighted by Gasteiger charge is 2.30. The third-order valence-corrected chi connectivity index (χ3v) is 8.24. The lowest BCUT2D eigenvalue weighted by Crippen LogP contribution is -2.49. The molecule has 1 fully saturated rings. The molecule has 0 unspecified atom stereocenters. The fourth-order valence-electron chi connectivity index (χ4n) is 4.63. The largest absolute Gasteiger partial charge is 0.392 e. The van der Waals surface area contributed by atoms with E-state index in [9.17, 15) is 9.90 Å². The molecule has 1 aromatic heterocycles. The Bertz CT molecular complexity index is 1300. The van der Waals surface area contributed by atoms with E-state index in [4.69, 9.17) is 23.2 Å². The Morgan fingerprint density at radius 2 is 1.84 bits per heavy atom. The van der Waals surface area contributed by atoms with Crippen molar-refractivity contribution >= 4 is 63.9 Å². The monoisotopic (exact) mass is 558 g/mol. The van der Waals surface area contributed by atoms with Crippen LogP contribution in [0.25, 0.3) is 0 Å². The lowest BCUT2D eigenvalue weighted by molar-refractivity contribution is 0.0985. The number of anilines is 4. The number of nitrogens with one attached hydrogen (secondary N) is 1. The van der Waals surface area contributed by atoms with Gasteiger partial charge in [0.2, 0.25) is 5.95 Å². The molecule has 11 heteroatoms. The summed E-state index contributed by atoms with van der Waals surface area (Å²) in [6.45, 7) is 8.23. The second-order valence-electron chi connectivity index (χ2n) is 9.23. The molecule has 0 spiro atoms. The number of halogens is 2. The van der Waals surface area contributed by atoms with Gasteiger partial charge in [0, 0.05) is 55.4 Å². The van der Waals surface area contributed by atoms with Gasteiger partial charge in [-0.05, 0) is 44.2 Å². The van der Waals surface area contributed by atoms with Crippen LogP contribution in [0.3, 0.4) is 0 Å². The second kappa shape index (κ2) is 11.0. The Labute approximate surface area is 230 Å². The van der Waals surface area contributed by atoms with E-state index in [1.54, 1.807) is 23.1 Å². The predicted molar refractivity (Wildman–Crippen MR) is 151 cm³/mol. The van der Waals surface area contributed by atoms with E-state index in [1.807, 2.05) is 18.2 Å². The van der Waals surface area contributed by atoms with E-state index >= 15 is 0 Å². The van der Waals surface area contributed by atoms with Crippen LogP contribution in [0.4, 0.5) is 23.0 Å². The Kier molecular flexibility index (Phi) is 7.78. The number of hydrogen-bond donors (Lipinski definition) is 2. The number of piperazine rings is 1. The molecule has 1 amide bonds. The summed E-state index contributed by atoms with van der Waals surface area (Å²) in [6, 6.07) is 11.6. The van der Waals surface area contributed by atoms with Crippen molar-refractivity contribution in [3.8, 4) is 0 Å². The summed E-state index contributed by atoms with van der Waals surface area (Å²) in [5.74, 6) is 0.462. The van der Waals surface area contributed by atoms with E-state index in [1.165, 1.54) is 18.0 Å². The summed E-state index contributed by atoms with van der Waals surface area (Å²) in [6.07, 6.45) is 1.52. The Balaban J connectivity index is 1.32. The number of thioether (sulfide) groups is 1. The van der Waals surface area contributed by atoms with Crippen molar-refractivity contribution in [1.82, 2.24) is 14.9 Å². The van der Waals surface area contributed by atoms with Crippen LogP contribution < -0.4 is 15.1 Å². The van der Waals surface area contributed by atoms with Crippen molar-refractivity contribution in [3.05, 3.63) is 63.8 Å². The van der Waals surface area contributed by atoms with Gasteiger partial charge in [0.1, 0.15) is 5.03 Å². The number of carbonyl (C=O) groups excluding carboxylic acids is 1. The number of nitrogens with zero attached hydrogens (tertiary/aromatic N) is 5. The summed E-state index contributed by atoms with van der Waals surface area (Å²) >= 11 is 14.1. The molecule has 194 valence electrons. The molecule has 2 aliphatic heterocycles. The number of aliphatic hydroxyl groups excluding tert-OH is 1. The minimum absolute atomic E-state index is 0.0644. The number of aliphatic hydroxyl groups is 1. The average Bonchev–Trinajstić information content (AvgIpc) is 2.90. The molecule has 1 saturated heterocycles. The van der Waals surface area contributed by atoms with Crippen molar-refractivity contribution in [2.24, 2.45) is 0 Å². The van der Waals surface area contributed by atoms with Gasteiger partial charge in [-0.1, -0.05) is 41.0 Å². The van der Waals surface area contributed by atoms with Gasteiger partial charge in [0.25, 0.3) is 5.91 Å². The van der Waals surface area contributed by atoms with E-state index in [2.05, 4.69) is 38.9 Å². The van der Waals surface area contributed by atoms with Gasteiger partial charge in [0.15, 0.2) is 0 Å². The molecule has 2 N–H and O–H groups in total. The number of hydrogen-bond acceptors (Lipinski definition) is 8. The molecular formula is C26H28Cl2N6O2S. The normalized spacial score (nSPS) is 16.3. The number of para-hydroxylation sites is 1. The van der Waals surface area contributed by atoms with Crippen molar-refractivity contribution < 1.29 is 9.90 Å². The maximum atomic E-state index is 13.2. The molecule has 2 aliphatic rings. The first kappa shape index (κ1) is 26.1. The smallest absolute Gasteiger partial charge is 0.263 e. The van der Waals surface area contributed by atoms with Crippen molar-refractivity contribution in [1.29, 1.82) is 0 Å². The van der Waals surface area contributed by atoms with Crippen LogP contribution >= 0.6 is 35.0 Å². The molecule has 3 aromatic rings. The minimum atomic E-state index is -0.250. The van der Waals surface area contributed by atoms with Gasteiger partial charge >= 0.3 is 0 Å². The Morgan fingerprint density at radius 1 is 1.11 bits per heavy atom. The molecule has 0 saturated carbocycles. The third-order valence-electron chi connectivity index (χ3n) is 6.66. The summed E-state index contributed by atoms with van der Waals surface area (Å²) < 4.78 is 0. The quantitative estimate of drug-likeness (QED) is 0.396. The summed E-state index contributed by atoms with van der Waals surface area (Å²) in [7, 11) is 0. The summed E-state index contributed by atoms with van der Waals surface area (Å²) in [4.78, 5) is 28.5. The van der Waals surface area contributed by atoms with Gasteiger partial charge in [-0.15, -0.1) is 0 Å². The molecule has 0 aliphatic carbocycles. The van der Waals surface area contributed by atoms with Gasteiger partial charge in [-0.2, -0.15) is 0 Å². The van der Waals surface area contributed by atoms with Gasteiger partial charge in [0.05, 0.1) is 33.8 Å². The van der Waals surface area contributed by atoms with Gasteiger partial charge < -0.3 is 15.3 Å². The number of rotatable bonds is 6. The van der Waals surface area contributed by atoms with Gasteiger partial charge in [-0.3, -0.25) is 14.6 Å². The fourth-order valence-corrected chi connectivity index (χ4v) is 6.18. The summed E-state index contributed by atoms with van der Waals surface area (Å²) in [5.41, 5.74) is 3.54. The zero-order valence-corrected chi connectivity index (χ0v) is 22.9. The first-order chi connectivity index (χ1) is 17.9. The van der Waals surface area contributed by atoms with Crippen LogP contribution in [0.2, 0.25) is 10.0 Å². The van der Waals surface area contributed by atoms with Gasteiger partial charge in [-0.25, -0.2) is 9.97 Å². The van der Waals surface area contributed by atoms with Crippen molar-refractivity contribution in [2.45, 2.75) is 31.5 Å². The maximum absolute atomic E-state index is 13.2. The highest BCUT2D eigenvalue weighted by molar-refractivity contribution is 7.99. The SMILES string of the molecule is CC(C)N1CCN(c2ccc(Nc3ncc4c(n3)SCN(c3c(Cl)cccc3Cl)C4=O)cc2CO)CC1. The second-order valence-corrected chi connectivity index (χ2v) is 11.0. The number of aromatic nitrogens is 2. The van der Waals surface area contributed by atoms with Crippen LogP contribution in [0.15, 0.2) is 47.6 Å². The molecule has 8 nitrogen and oxygen atoms in total. The first-order valence-corrected chi connectivity index (χ1v) is 13.9. The summed E-state index contributed by atoms with van der Waals surface area (Å²) in [5, 5.41) is 14.7. The van der Waals surface area contributed by atoms with Crippen molar-refractivity contribution in [2.75, 3.05) is 47.2 Å². The topological polar surface area (TPSA) is 84.8 Å². The molecule has 2 aromatic carbocycles. The first-order valence-electron chi connectivity index (χ1n) is 12.1. The van der Waals surface area contributed by atoms with Crippen LogP contribution in [0.1, 0.15) is 29.8 Å². The lowest BCUT2D eigenvalue weighted by atomic mass is 10.1. The zero-order chi connectivity index (χ0) is 26.1. The Morgan fingerprint density at radius 3 is 2.51 bits per heavy atom. The van der Waals surface area contributed by atoms with E-state index in [0.717, 1.165) is 43.1 Å². The highest BCUT2D eigenvalue weighted by atomic mass is 35.5. The highest BCUT2D eigenvalue weighted by Crippen LogP contribution is 2.39. The minimum Gasteiger partial charge on any atom is -0.392 e. The van der Waals surface area contributed by atoms with E-state index < -0.39 is 0 Å². The average molecular weight is 560 g/mol. The van der Waals surface area contributed by atoms with E-state index in [-0.39, 0.29) is 12.5 Å². The number of amides is 1. The standard InChI is InChI=1S/C26H28Cl2N6O2S/c1-16(2)32-8-10-33(11-9-32)22-7-6-18(12-17(22)14-35)30-26-29-13-19-24(31-26)37-15-34(25(19)36)23-20(27)4-3-5-21(23)28/h3-7,12-13,16,35H,8-11,14-15H2,1-2H3,(H,29,30,31). The molecule has 0 atom stereocenters. The number of benzene rings is 2. The third kappa shape index (κ3) is 5.37. The van der Waals surface area contributed by atoms with Crippen LogP contribution in [0, 0.1) is 0 Å². The molecular weight excluding hydrogens is 531 g/mol. The molecule has 0 bridgehead atoms. The van der Waals surface area contributed by atoms with Crippen LogP contribution in [-0.4, -0.2) is 64.0 Å². The number of carbonyl (C=O) groups is 1. The molecule has 5 rings (SSSR count). The zero-order valence-electron chi connectivity index (χ0n) is 20.6.